The highest BCUT2D eigenvalue weighted by atomic mass is 35.5. The SMILES string of the molecule is Cn1cc(C(N)=O)c(=O)c2c(Cc3ccc(Cl)cc3)c(CN3CCOCC3)sc21. The fraction of sp³-hybridized carbons (Fsp3) is 0.333. The number of fused-ring (bicyclic) bond motifs is 1. The highest BCUT2D eigenvalue weighted by molar-refractivity contribution is 7.18. The molecule has 0 saturated carbocycles. The number of aromatic nitrogens is 1. The molecule has 0 unspecified atom stereocenters. The molecule has 4 rings (SSSR count). The van der Waals surface area contributed by atoms with E-state index in [2.05, 4.69) is 4.90 Å². The van der Waals surface area contributed by atoms with E-state index in [0.29, 0.717) is 30.0 Å². The topological polar surface area (TPSA) is 77.6 Å². The summed E-state index contributed by atoms with van der Waals surface area (Å²) in [7, 11) is 1.84. The lowest BCUT2D eigenvalue weighted by molar-refractivity contribution is 0.0345. The van der Waals surface area contributed by atoms with Crippen LogP contribution in [0.25, 0.3) is 10.2 Å². The predicted octanol–water partition coefficient (Wildman–Crippen LogP) is 2.78. The van der Waals surface area contributed by atoms with Gasteiger partial charge in [0.2, 0.25) is 5.43 Å². The fourth-order valence-electron chi connectivity index (χ4n) is 3.68. The lowest BCUT2D eigenvalue weighted by Crippen LogP contribution is -2.35. The van der Waals surface area contributed by atoms with Gasteiger partial charge in [0.25, 0.3) is 5.91 Å². The lowest BCUT2D eigenvalue weighted by Gasteiger charge is -2.26. The zero-order chi connectivity index (χ0) is 20.5. The molecular weight excluding hydrogens is 410 g/mol. The number of hydrogen-bond acceptors (Lipinski definition) is 5. The molecule has 1 aliphatic rings. The number of benzene rings is 1. The van der Waals surface area contributed by atoms with Gasteiger partial charge in [-0.05, 0) is 29.7 Å². The Bertz CT molecular complexity index is 1110. The van der Waals surface area contributed by atoms with Crippen LogP contribution in [0.15, 0.2) is 35.3 Å². The second kappa shape index (κ2) is 8.28. The first-order chi connectivity index (χ1) is 13.9. The Kier molecular flexibility index (Phi) is 5.74. The average molecular weight is 432 g/mol. The molecule has 2 N–H and O–H groups in total. The van der Waals surface area contributed by atoms with Gasteiger partial charge >= 0.3 is 0 Å². The van der Waals surface area contributed by atoms with Gasteiger partial charge in [-0.1, -0.05) is 23.7 Å². The molecule has 152 valence electrons. The second-order valence-electron chi connectivity index (χ2n) is 7.22. The van der Waals surface area contributed by atoms with Crippen LogP contribution in [-0.4, -0.2) is 41.7 Å². The van der Waals surface area contributed by atoms with Gasteiger partial charge in [-0.3, -0.25) is 14.5 Å². The first kappa shape index (κ1) is 20.1. The van der Waals surface area contributed by atoms with Crippen LogP contribution in [0.1, 0.15) is 26.4 Å². The molecule has 3 heterocycles. The van der Waals surface area contributed by atoms with Crippen LogP contribution in [0.5, 0.6) is 0 Å². The summed E-state index contributed by atoms with van der Waals surface area (Å²) >= 11 is 7.63. The number of amides is 1. The molecule has 0 spiro atoms. The summed E-state index contributed by atoms with van der Waals surface area (Å²) in [6.45, 7) is 3.89. The largest absolute Gasteiger partial charge is 0.379 e. The van der Waals surface area contributed by atoms with Gasteiger partial charge in [-0.15, -0.1) is 11.3 Å². The maximum Gasteiger partial charge on any atom is 0.254 e. The van der Waals surface area contributed by atoms with Crippen LogP contribution in [0.2, 0.25) is 5.02 Å². The van der Waals surface area contributed by atoms with Gasteiger partial charge in [0.05, 0.1) is 18.6 Å². The van der Waals surface area contributed by atoms with Crippen LogP contribution in [0.4, 0.5) is 0 Å². The van der Waals surface area contributed by atoms with E-state index in [1.165, 1.54) is 6.20 Å². The number of thiophene rings is 1. The Morgan fingerprint density at radius 1 is 1.24 bits per heavy atom. The second-order valence-corrected chi connectivity index (χ2v) is 8.74. The molecule has 1 saturated heterocycles. The van der Waals surface area contributed by atoms with Gasteiger partial charge in [0, 0.05) is 42.8 Å². The molecule has 0 radical (unpaired) electrons. The van der Waals surface area contributed by atoms with Gasteiger partial charge < -0.3 is 15.0 Å². The van der Waals surface area contributed by atoms with E-state index in [1.807, 2.05) is 35.9 Å². The van der Waals surface area contributed by atoms with Crippen molar-refractivity contribution in [3.63, 3.8) is 0 Å². The first-order valence-corrected chi connectivity index (χ1v) is 10.6. The summed E-state index contributed by atoms with van der Waals surface area (Å²) in [5, 5.41) is 1.26. The summed E-state index contributed by atoms with van der Waals surface area (Å²) in [5.41, 5.74) is 7.21. The van der Waals surface area contributed by atoms with Crippen molar-refractivity contribution in [2.24, 2.45) is 12.8 Å². The van der Waals surface area contributed by atoms with Crippen LogP contribution in [-0.2, 0) is 24.8 Å². The summed E-state index contributed by atoms with van der Waals surface area (Å²) in [6.07, 6.45) is 2.13. The summed E-state index contributed by atoms with van der Waals surface area (Å²) in [5.74, 6) is -0.703. The molecule has 0 bridgehead atoms. The number of pyridine rings is 1. The number of nitrogens with zero attached hydrogens (tertiary/aromatic N) is 2. The molecule has 1 amide bonds. The molecule has 1 aliphatic heterocycles. The number of aryl methyl sites for hydroxylation is 1. The van der Waals surface area contributed by atoms with E-state index in [9.17, 15) is 9.59 Å². The minimum atomic E-state index is -0.703. The molecule has 1 aromatic carbocycles. The van der Waals surface area contributed by atoms with Crippen molar-refractivity contribution in [2.45, 2.75) is 13.0 Å². The summed E-state index contributed by atoms with van der Waals surface area (Å²) < 4.78 is 7.29. The zero-order valence-corrected chi connectivity index (χ0v) is 17.7. The van der Waals surface area contributed by atoms with Crippen molar-refractivity contribution in [1.29, 1.82) is 0 Å². The Hall–Kier alpha value is -2.19. The molecule has 0 atom stereocenters. The lowest BCUT2D eigenvalue weighted by atomic mass is 10.0. The molecule has 29 heavy (non-hydrogen) atoms. The number of rotatable bonds is 5. The normalized spacial score (nSPS) is 15.1. The summed E-state index contributed by atoms with van der Waals surface area (Å²) in [4.78, 5) is 29.3. The maximum atomic E-state index is 13.1. The number of morpholine rings is 1. The fourth-order valence-corrected chi connectivity index (χ4v) is 5.10. The number of primary amides is 1. The van der Waals surface area contributed by atoms with E-state index < -0.39 is 5.91 Å². The zero-order valence-electron chi connectivity index (χ0n) is 16.1. The number of carbonyl (C=O) groups is 1. The van der Waals surface area contributed by atoms with Crippen LogP contribution < -0.4 is 11.2 Å². The van der Waals surface area contributed by atoms with Crippen molar-refractivity contribution in [1.82, 2.24) is 9.47 Å². The van der Waals surface area contributed by atoms with Crippen molar-refractivity contribution < 1.29 is 9.53 Å². The van der Waals surface area contributed by atoms with Gasteiger partial charge in [-0.2, -0.15) is 0 Å². The molecule has 2 aromatic heterocycles. The first-order valence-electron chi connectivity index (χ1n) is 9.42. The number of nitrogens with two attached hydrogens (primary N) is 1. The van der Waals surface area contributed by atoms with E-state index in [0.717, 1.165) is 40.5 Å². The van der Waals surface area contributed by atoms with E-state index in [4.69, 9.17) is 22.1 Å². The monoisotopic (exact) mass is 431 g/mol. The average Bonchev–Trinajstić information content (AvgIpc) is 3.06. The van der Waals surface area contributed by atoms with Gasteiger partial charge in [-0.25, -0.2) is 0 Å². The highest BCUT2D eigenvalue weighted by Crippen LogP contribution is 2.32. The molecule has 8 heteroatoms. The number of hydrogen-bond donors (Lipinski definition) is 1. The third-order valence-corrected chi connectivity index (χ3v) is 6.78. The van der Waals surface area contributed by atoms with Crippen molar-refractivity contribution >= 4 is 39.1 Å². The van der Waals surface area contributed by atoms with Crippen LogP contribution in [0.3, 0.4) is 0 Å². The molecule has 0 aliphatic carbocycles. The third kappa shape index (κ3) is 4.09. The number of ether oxygens (including phenoxy) is 1. The Balaban J connectivity index is 1.86. The number of halogens is 1. The highest BCUT2D eigenvalue weighted by Gasteiger charge is 2.23. The Morgan fingerprint density at radius 3 is 2.59 bits per heavy atom. The van der Waals surface area contributed by atoms with Crippen molar-refractivity contribution in [3.05, 3.63) is 67.3 Å². The Labute approximate surface area is 177 Å². The van der Waals surface area contributed by atoms with Crippen LogP contribution >= 0.6 is 22.9 Å². The van der Waals surface area contributed by atoms with Crippen molar-refractivity contribution in [3.8, 4) is 0 Å². The molecule has 1 fully saturated rings. The Morgan fingerprint density at radius 2 is 1.93 bits per heavy atom. The van der Waals surface area contributed by atoms with E-state index >= 15 is 0 Å². The van der Waals surface area contributed by atoms with Gasteiger partial charge in [0.1, 0.15) is 10.4 Å². The molecular formula is C21H22ClN3O3S. The summed E-state index contributed by atoms with van der Waals surface area (Å²) in [6, 6.07) is 7.62. The molecule has 3 aromatic rings. The predicted molar refractivity (Wildman–Crippen MR) is 116 cm³/mol. The van der Waals surface area contributed by atoms with Gasteiger partial charge in [0.15, 0.2) is 0 Å². The third-order valence-electron chi connectivity index (χ3n) is 5.22. The van der Waals surface area contributed by atoms with Crippen molar-refractivity contribution in [2.75, 3.05) is 26.3 Å². The molecule has 6 nitrogen and oxygen atoms in total. The number of carbonyl (C=O) groups excluding carboxylic acids is 1. The van der Waals surface area contributed by atoms with E-state index in [-0.39, 0.29) is 11.0 Å². The quantitative estimate of drug-likeness (QED) is 0.673. The minimum Gasteiger partial charge on any atom is -0.379 e. The maximum absolute atomic E-state index is 13.1. The van der Waals surface area contributed by atoms with E-state index in [1.54, 1.807) is 11.3 Å². The minimum absolute atomic E-state index is 0.0214. The smallest absolute Gasteiger partial charge is 0.254 e. The standard InChI is InChI=1S/C21H22ClN3O3S/c1-24-11-16(20(23)27)19(26)18-15(10-13-2-4-14(22)5-3-13)17(29-21(18)24)12-25-6-8-28-9-7-25/h2-5,11H,6-10,12H2,1H3,(H2,23,27). The van der Waals surface area contributed by atoms with Crippen LogP contribution in [0, 0.1) is 0 Å².